The molecule has 7 heteroatoms. The van der Waals surface area contributed by atoms with Crippen LogP contribution in [-0.4, -0.2) is 54.5 Å². The lowest BCUT2D eigenvalue weighted by Gasteiger charge is -2.34. The van der Waals surface area contributed by atoms with E-state index in [0.29, 0.717) is 11.9 Å². The Morgan fingerprint density at radius 1 is 1.54 bits per heavy atom. The van der Waals surface area contributed by atoms with E-state index < -0.39 is 0 Å². The van der Waals surface area contributed by atoms with Crippen molar-refractivity contribution in [3.05, 3.63) is 36.3 Å². The number of likely N-dealkylation sites (tertiary alicyclic amines) is 1. The molecule has 1 atom stereocenters. The quantitative estimate of drug-likeness (QED) is 0.632. The van der Waals surface area contributed by atoms with Gasteiger partial charge in [0.15, 0.2) is 12.1 Å². The highest BCUT2D eigenvalue weighted by atomic mass is 16.2. The molecule has 1 unspecified atom stereocenters. The highest BCUT2D eigenvalue weighted by Gasteiger charge is 2.27. The Labute approximate surface area is 143 Å². The maximum absolute atomic E-state index is 11.6. The maximum Gasteiger partial charge on any atom is 0.245 e. The zero-order valence-corrected chi connectivity index (χ0v) is 14.2. The van der Waals surface area contributed by atoms with E-state index in [1.54, 1.807) is 0 Å². The van der Waals surface area contributed by atoms with Gasteiger partial charge in [-0.25, -0.2) is 4.99 Å². The van der Waals surface area contributed by atoms with E-state index in [-0.39, 0.29) is 12.1 Å². The molecule has 7 nitrogen and oxygen atoms in total. The van der Waals surface area contributed by atoms with Crippen molar-refractivity contribution in [1.29, 1.82) is 0 Å². The van der Waals surface area contributed by atoms with Crippen LogP contribution < -0.4 is 16.4 Å². The van der Waals surface area contributed by atoms with Crippen LogP contribution in [0.5, 0.6) is 0 Å². The Morgan fingerprint density at radius 3 is 3.00 bits per heavy atom. The van der Waals surface area contributed by atoms with Crippen molar-refractivity contribution in [3.8, 4) is 0 Å². The summed E-state index contributed by atoms with van der Waals surface area (Å²) in [7, 11) is 2.08. The van der Waals surface area contributed by atoms with E-state index in [1.165, 1.54) is 6.08 Å². The van der Waals surface area contributed by atoms with Gasteiger partial charge in [0.05, 0.1) is 0 Å². The second kappa shape index (κ2) is 6.98. The minimum absolute atomic E-state index is 0.0465. The Hall–Kier alpha value is -2.44. The molecule has 0 bridgehead atoms. The van der Waals surface area contributed by atoms with Crippen LogP contribution in [0.2, 0.25) is 0 Å². The van der Waals surface area contributed by atoms with Crippen LogP contribution in [0.15, 0.2) is 41.3 Å². The normalized spacial score (nSPS) is 23.3. The van der Waals surface area contributed by atoms with Gasteiger partial charge in [0.1, 0.15) is 5.82 Å². The first kappa shape index (κ1) is 16.4. The lowest BCUT2D eigenvalue weighted by atomic mass is 9.93. The summed E-state index contributed by atoms with van der Waals surface area (Å²) in [4.78, 5) is 20.1. The van der Waals surface area contributed by atoms with Crippen molar-refractivity contribution in [3.63, 3.8) is 0 Å². The number of amides is 1. The predicted molar refractivity (Wildman–Crippen MR) is 94.6 cm³/mol. The molecule has 0 aromatic carbocycles. The molecule has 0 radical (unpaired) electrons. The SMILES string of the molecule is C=CC(=O)N1CCC(CCN(C)C2=C3C=CNC3N=C(N)N2)CC1. The molecule has 24 heavy (non-hydrogen) atoms. The molecule has 3 aliphatic rings. The molecule has 0 aliphatic carbocycles. The number of nitrogens with zero attached hydrogens (tertiary/aromatic N) is 3. The number of carbonyl (C=O) groups is 1. The van der Waals surface area contributed by atoms with E-state index in [2.05, 4.69) is 34.2 Å². The van der Waals surface area contributed by atoms with Gasteiger partial charge in [0.25, 0.3) is 0 Å². The van der Waals surface area contributed by atoms with Crippen molar-refractivity contribution in [2.75, 3.05) is 26.7 Å². The third kappa shape index (κ3) is 3.39. The molecule has 0 saturated carbocycles. The van der Waals surface area contributed by atoms with Crippen LogP contribution >= 0.6 is 0 Å². The Kier molecular flexibility index (Phi) is 4.78. The van der Waals surface area contributed by atoms with Gasteiger partial charge < -0.3 is 26.2 Å². The summed E-state index contributed by atoms with van der Waals surface area (Å²) < 4.78 is 0. The number of piperidine rings is 1. The summed E-state index contributed by atoms with van der Waals surface area (Å²) in [5, 5.41) is 6.37. The topological polar surface area (TPSA) is 86.0 Å². The summed E-state index contributed by atoms with van der Waals surface area (Å²) in [6, 6.07) is 0. The summed E-state index contributed by atoms with van der Waals surface area (Å²) >= 11 is 0. The first-order valence-electron chi connectivity index (χ1n) is 8.48. The van der Waals surface area contributed by atoms with Crippen molar-refractivity contribution in [1.82, 2.24) is 20.4 Å². The monoisotopic (exact) mass is 330 g/mol. The average Bonchev–Trinajstić information content (AvgIpc) is 3.06. The highest BCUT2D eigenvalue weighted by Crippen LogP contribution is 2.24. The Balaban J connectivity index is 1.51. The first-order chi connectivity index (χ1) is 11.6. The molecular formula is C17H26N6O. The van der Waals surface area contributed by atoms with Crippen LogP contribution in [-0.2, 0) is 4.79 Å². The predicted octanol–water partition coefficient (Wildman–Crippen LogP) is 0.305. The van der Waals surface area contributed by atoms with Crippen LogP contribution in [0.3, 0.4) is 0 Å². The number of aliphatic imine (C=N–C) groups is 1. The number of hydrogen-bond acceptors (Lipinski definition) is 6. The second-order valence-corrected chi connectivity index (χ2v) is 6.53. The Bertz CT molecular complexity index is 600. The molecule has 1 saturated heterocycles. The summed E-state index contributed by atoms with van der Waals surface area (Å²) in [6.07, 6.45) is 8.49. The molecule has 3 aliphatic heterocycles. The molecule has 0 aromatic rings. The fraction of sp³-hybridized carbons (Fsp3) is 0.529. The maximum atomic E-state index is 11.6. The van der Waals surface area contributed by atoms with Gasteiger partial charge in [-0.1, -0.05) is 6.58 Å². The summed E-state index contributed by atoms with van der Waals surface area (Å²) in [5.41, 5.74) is 7.00. The van der Waals surface area contributed by atoms with E-state index in [0.717, 1.165) is 50.3 Å². The van der Waals surface area contributed by atoms with E-state index in [9.17, 15) is 4.79 Å². The van der Waals surface area contributed by atoms with Gasteiger partial charge in [-0.05, 0) is 43.5 Å². The van der Waals surface area contributed by atoms with E-state index in [1.807, 2.05) is 17.2 Å². The summed E-state index contributed by atoms with van der Waals surface area (Å²) in [6.45, 7) is 6.17. The smallest absolute Gasteiger partial charge is 0.245 e. The highest BCUT2D eigenvalue weighted by molar-refractivity contribution is 5.87. The van der Waals surface area contributed by atoms with E-state index in [4.69, 9.17) is 5.73 Å². The zero-order chi connectivity index (χ0) is 17.1. The van der Waals surface area contributed by atoms with Gasteiger partial charge in [-0.3, -0.25) is 4.79 Å². The molecule has 3 heterocycles. The lowest BCUT2D eigenvalue weighted by molar-refractivity contribution is -0.127. The first-order valence-corrected chi connectivity index (χ1v) is 8.48. The minimum Gasteiger partial charge on any atom is -0.370 e. The van der Waals surface area contributed by atoms with Crippen molar-refractivity contribution < 1.29 is 4.79 Å². The number of guanidine groups is 1. The van der Waals surface area contributed by atoms with Gasteiger partial charge in [0.2, 0.25) is 5.91 Å². The molecule has 130 valence electrons. The molecule has 0 aromatic heterocycles. The lowest BCUT2D eigenvalue weighted by Crippen LogP contribution is -2.45. The van der Waals surface area contributed by atoms with Crippen LogP contribution in [0, 0.1) is 5.92 Å². The molecular weight excluding hydrogens is 304 g/mol. The van der Waals surface area contributed by atoms with Crippen LogP contribution in [0.25, 0.3) is 0 Å². The van der Waals surface area contributed by atoms with Gasteiger partial charge in [-0.2, -0.15) is 0 Å². The standard InChI is InChI=1S/C17H26N6O/c1-3-14(24)23-10-6-12(7-11-23)5-9-22(2)16-13-4-8-19-15(13)20-17(18)21-16/h3-4,8,12,15,19H,1,5-7,9-11H2,2H3,(H3,18,20,21). The zero-order valence-electron chi connectivity index (χ0n) is 14.2. The summed E-state index contributed by atoms with van der Waals surface area (Å²) in [5.74, 6) is 2.16. The Morgan fingerprint density at radius 2 is 2.29 bits per heavy atom. The van der Waals surface area contributed by atoms with E-state index >= 15 is 0 Å². The van der Waals surface area contributed by atoms with Gasteiger partial charge in [0, 0.05) is 32.3 Å². The molecule has 1 amide bonds. The third-order valence-corrected chi connectivity index (χ3v) is 4.95. The third-order valence-electron chi connectivity index (χ3n) is 4.95. The molecule has 0 spiro atoms. The largest absolute Gasteiger partial charge is 0.370 e. The molecule has 3 rings (SSSR count). The minimum atomic E-state index is -0.0724. The van der Waals surface area contributed by atoms with Gasteiger partial charge in [-0.15, -0.1) is 0 Å². The van der Waals surface area contributed by atoms with Crippen molar-refractivity contribution in [2.24, 2.45) is 16.6 Å². The number of fused-ring (bicyclic) bond motifs is 1. The molecule has 1 fully saturated rings. The molecule has 4 N–H and O–H groups in total. The van der Waals surface area contributed by atoms with Crippen molar-refractivity contribution >= 4 is 11.9 Å². The number of nitrogens with two attached hydrogens (primary N) is 1. The second-order valence-electron chi connectivity index (χ2n) is 6.53. The average molecular weight is 330 g/mol. The fourth-order valence-electron chi connectivity index (χ4n) is 3.47. The van der Waals surface area contributed by atoms with Gasteiger partial charge >= 0.3 is 0 Å². The van der Waals surface area contributed by atoms with Crippen LogP contribution in [0.1, 0.15) is 19.3 Å². The van der Waals surface area contributed by atoms with Crippen molar-refractivity contribution in [2.45, 2.75) is 25.4 Å². The number of rotatable bonds is 5. The number of hydrogen-bond donors (Lipinski definition) is 3. The number of carbonyl (C=O) groups excluding carboxylic acids is 1. The number of nitrogens with one attached hydrogen (secondary N) is 2. The van der Waals surface area contributed by atoms with Crippen LogP contribution in [0.4, 0.5) is 0 Å². The fourth-order valence-corrected chi connectivity index (χ4v) is 3.47.